The van der Waals surface area contributed by atoms with Gasteiger partial charge in [0.05, 0.1) is 31.3 Å². The van der Waals surface area contributed by atoms with Gasteiger partial charge in [0.1, 0.15) is 11.5 Å². The van der Waals surface area contributed by atoms with Gasteiger partial charge in [-0.05, 0) is 24.5 Å². The molecule has 0 saturated carbocycles. The predicted octanol–water partition coefficient (Wildman–Crippen LogP) is 0.868. The van der Waals surface area contributed by atoms with Gasteiger partial charge in [-0.25, -0.2) is 8.42 Å². The minimum absolute atomic E-state index is 0.0109. The lowest BCUT2D eigenvalue weighted by molar-refractivity contribution is 0.0945. The number of nitrogens with one attached hydrogen (secondary N) is 1. The molecule has 1 aromatic rings. The zero-order valence-corrected chi connectivity index (χ0v) is 12.9. The van der Waals surface area contributed by atoms with Crippen molar-refractivity contribution >= 4 is 15.7 Å². The molecule has 1 aromatic carbocycles. The molecular weight excluding hydrogens is 294 g/mol. The Labute approximate surface area is 124 Å². The molecule has 116 valence electrons. The maximum Gasteiger partial charge on any atom is 0.255 e. The molecule has 0 aromatic heterocycles. The molecule has 1 N–H and O–H groups in total. The first-order valence-corrected chi connectivity index (χ1v) is 8.48. The van der Waals surface area contributed by atoms with Crippen molar-refractivity contribution in [1.82, 2.24) is 5.32 Å². The highest BCUT2D eigenvalue weighted by Gasteiger charge is 2.28. The van der Waals surface area contributed by atoms with Gasteiger partial charge in [-0.2, -0.15) is 0 Å². The number of carbonyl (C=O) groups is 1. The molecule has 1 atom stereocenters. The Bertz CT molecular complexity index is 626. The number of hydrogen-bond acceptors (Lipinski definition) is 5. The van der Waals surface area contributed by atoms with Crippen LogP contribution in [0.4, 0.5) is 0 Å². The Balaban J connectivity index is 2.00. The molecular formula is C14H19NO5S. The molecule has 7 heteroatoms. The van der Waals surface area contributed by atoms with E-state index in [1.807, 2.05) is 0 Å². The number of carbonyl (C=O) groups excluding carboxylic acids is 1. The number of hydrogen-bond donors (Lipinski definition) is 1. The fourth-order valence-corrected chi connectivity index (χ4v) is 4.21. The van der Waals surface area contributed by atoms with Gasteiger partial charge in [0.2, 0.25) is 0 Å². The predicted molar refractivity (Wildman–Crippen MR) is 78.6 cm³/mol. The average Bonchev–Trinajstić information content (AvgIpc) is 2.83. The Morgan fingerprint density at radius 3 is 2.67 bits per heavy atom. The molecule has 0 aliphatic carbocycles. The van der Waals surface area contributed by atoms with Crippen molar-refractivity contribution in [2.75, 3.05) is 32.3 Å². The number of benzene rings is 1. The number of methoxy groups -OCH3 is 2. The van der Waals surface area contributed by atoms with Crippen molar-refractivity contribution < 1.29 is 22.7 Å². The molecule has 6 nitrogen and oxygen atoms in total. The lowest BCUT2D eigenvalue weighted by atomic mass is 10.1. The van der Waals surface area contributed by atoms with Gasteiger partial charge in [0, 0.05) is 12.6 Å². The first-order valence-electron chi connectivity index (χ1n) is 6.66. The topological polar surface area (TPSA) is 81.7 Å². The maximum absolute atomic E-state index is 12.2. The van der Waals surface area contributed by atoms with Gasteiger partial charge in [-0.3, -0.25) is 4.79 Å². The smallest absolute Gasteiger partial charge is 0.255 e. The van der Waals surface area contributed by atoms with Crippen LogP contribution in [0.3, 0.4) is 0 Å². The third-order valence-electron chi connectivity index (χ3n) is 3.53. The molecule has 1 saturated heterocycles. The highest BCUT2D eigenvalue weighted by molar-refractivity contribution is 7.91. The zero-order valence-electron chi connectivity index (χ0n) is 12.1. The summed E-state index contributed by atoms with van der Waals surface area (Å²) in [6.45, 7) is 0.354. The second kappa shape index (κ2) is 6.34. The van der Waals surface area contributed by atoms with Gasteiger partial charge < -0.3 is 14.8 Å². The molecule has 0 unspecified atom stereocenters. The van der Waals surface area contributed by atoms with E-state index in [0.29, 0.717) is 30.0 Å². The number of sulfone groups is 1. The second-order valence-electron chi connectivity index (χ2n) is 5.05. The van der Waals surface area contributed by atoms with Crippen LogP contribution in [0.1, 0.15) is 16.8 Å². The normalized spacial score (nSPS) is 20.0. The first-order chi connectivity index (χ1) is 9.95. The number of ether oxygens (including phenoxy) is 2. The average molecular weight is 313 g/mol. The minimum atomic E-state index is -2.92. The van der Waals surface area contributed by atoms with Crippen LogP contribution in [0, 0.1) is 5.92 Å². The van der Waals surface area contributed by atoms with Crippen molar-refractivity contribution in [3.8, 4) is 11.5 Å². The molecule has 21 heavy (non-hydrogen) atoms. The number of rotatable bonds is 5. The van der Waals surface area contributed by atoms with E-state index < -0.39 is 9.84 Å². The molecule has 1 fully saturated rings. The molecule has 1 amide bonds. The minimum Gasteiger partial charge on any atom is -0.497 e. The van der Waals surface area contributed by atoms with Crippen LogP contribution in [0.15, 0.2) is 18.2 Å². The Kier molecular flexibility index (Phi) is 4.72. The third kappa shape index (κ3) is 3.87. The van der Waals surface area contributed by atoms with E-state index in [1.165, 1.54) is 14.2 Å². The van der Waals surface area contributed by atoms with Crippen LogP contribution in [-0.4, -0.2) is 46.6 Å². The SMILES string of the molecule is COc1ccc(C(=O)NC[C@@H]2CCS(=O)(=O)C2)c(OC)c1. The summed E-state index contributed by atoms with van der Waals surface area (Å²) < 4.78 is 33.0. The van der Waals surface area contributed by atoms with Gasteiger partial charge in [0.15, 0.2) is 9.84 Å². The van der Waals surface area contributed by atoms with E-state index in [9.17, 15) is 13.2 Å². The summed E-state index contributed by atoms with van der Waals surface area (Å²) in [4.78, 5) is 12.2. The Hall–Kier alpha value is -1.76. The van der Waals surface area contributed by atoms with Crippen LogP contribution >= 0.6 is 0 Å². The first kappa shape index (κ1) is 15.6. The van der Waals surface area contributed by atoms with Crippen molar-refractivity contribution in [3.05, 3.63) is 23.8 Å². The largest absolute Gasteiger partial charge is 0.497 e. The summed E-state index contributed by atoms with van der Waals surface area (Å²) in [6, 6.07) is 4.94. The van der Waals surface area contributed by atoms with Crippen LogP contribution in [0.2, 0.25) is 0 Å². The fraction of sp³-hybridized carbons (Fsp3) is 0.500. The molecule has 0 spiro atoms. The summed E-state index contributed by atoms with van der Waals surface area (Å²) in [5.74, 6) is 1.09. The summed E-state index contributed by atoms with van der Waals surface area (Å²) in [7, 11) is 0.0957. The van der Waals surface area contributed by atoms with E-state index in [0.717, 1.165) is 0 Å². The van der Waals surface area contributed by atoms with Crippen LogP contribution in [0.5, 0.6) is 11.5 Å². The van der Waals surface area contributed by atoms with Crippen molar-refractivity contribution in [2.24, 2.45) is 5.92 Å². The summed E-state index contributed by atoms with van der Waals surface area (Å²) in [5, 5.41) is 2.77. The van der Waals surface area contributed by atoms with Gasteiger partial charge in [-0.1, -0.05) is 0 Å². The molecule has 1 aliphatic heterocycles. The number of amides is 1. The molecule has 0 bridgehead atoms. The van der Waals surface area contributed by atoms with Crippen LogP contribution in [0.25, 0.3) is 0 Å². The standard InChI is InChI=1S/C14H19NO5S/c1-19-11-3-4-12(13(7-11)20-2)14(16)15-8-10-5-6-21(17,18)9-10/h3-4,7,10H,5-6,8-9H2,1-2H3,(H,15,16)/t10-/m0/s1. The van der Waals surface area contributed by atoms with Gasteiger partial charge in [-0.15, -0.1) is 0 Å². The summed E-state index contributed by atoms with van der Waals surface area (Å²) in [5.41, 5.74) is 0.402. The Morgan fingerprint density at radius 1 is 1.33 bits per heavy atom. The van der Waals surface area contributed by atoms with Crippen LogP contribution in [-0.2, 0) is 9.84 Å². The Morgan fingerprint density at radius 2 is 2.10 bits per heavy atom. The van der Waals surface area contributed by atoms with Crippen molar-refractivity contribution in [1.29, 1.82) is 0 Å². The third-order valence-corrected chi connectivity index (χ3v) is 5.37. The molecule has 1 heterocycles. The lowest BCUT2D eigenvalue weighted by Crippen LogP contribution is -2.30. The fourth-order valence-electron chi connectivity index (χ4n) is 2.35. The summed E-state index contributed by atoms with van der Waals surface area (Å²) in [6.07, 6.45) is 0.600. The molecule has 1 aliphatic rings. The highest BCUT2D eigenvalue weighted by Crippen LogP contribution is 2.24. The van der Waals surface area contributed by atoms with Crippen molar-refractivity contribution in [3.63, 3.8) is 0 Å². The lowest BCUT2D eigenvalue weighted by Gasteiger charge is -2.12. The zero-order chi connectivity index (χ0) is 15.5. The second-order valence-corrected chi connectivity index (χ2v) is 7.27. The van der Waals surface area contributed by atoms with E-state index in [-0.39, 0.29) is 23.3 Å². The van der Waals surface area contributed by atoms with E-state index >= 15 is 0 Å². The monoisotopic (exact) mass is 313 g/mol. The molecule has 2 rings (SSSR count). The molecule has 0 radical (unpaired) electrons. The van der Waals surface area contributed by atoms with Gasteiger partial charge in [0.25, 0.3) is 5.91 Å². The van der Waals surface area contributed by atoms with Crippen LogP contribution < -0.4 is 14.8 Å². The highest BCUT2D eigenvalue weighted by atomic mass is 32.2. The maximum atomic E-state index is 12.2. The van der Waals surface area contributed by atoms with Crippen molar-refractivity contribution in [2.45, 2.75) is 6.42 Å². The van der Waals surface area contributed by atoms with E-state index in [2.05, 4.69) is 5.32 Å². The van der Waals surface area contributed by atoms with E-state index in [1.54, 1.807) is 18.2 Å². The summed E-state index contributed by atoms with van der Waals surface area (Å²) >= 11 is 0. The van der Waals surface area contributed by atoms with E-state index in [4.69, 9.17) is 9.47 Å². The quantitative estimate of drug-likeness (QED) is 0.872. The van der Waals surface area contributed by atoms with Gasteiger partial charge >= 0.3 is 0 Å².